The van der Waals surface area contributed by atoms with Crippen molar-refractivity contribution < 1.29 is 19.2 Å². The van der Waals surface area contributed by atoms with Crippen LogP contribution in [-0.2, 0) is 0 Å². The number of hydrogen-bond acceptors (Lipinski definition) is 6. The molecule has 3 amide bonds. The van der Waals surface area contributed by atoms with E-state index >= 15 is 0 Å². The summed E-state index contributed by atoms with van der Waals surface area (Å²) in [6.45, 7) is 0. The molecule has 2 aromatic carbocycles. The summed E-state index contributed by atoms with van der Waals surface area (Å²) in [6, 6.07) is 12.0. The predicted octanol–water partition coefficient (Wildman–Crippen LogP) is 5.05. The fourth-order valence-electron chi connectivity index (χ4n) is 2.35. The number of ether oxygens (including phenoxy) is 1. The summed E-state index contributed by atoms with van der Waals surface area (Å²) in [6.07, 6.45) is 1.42. The third-order valence-corrected chi connectivity index (χ3v) is 4.20. The molecule has 0 aliphatic heterocycles. The van der Waals surface area contributed by atoms with E-state index in [-0.39, 0.29) is 27.9 Å². The summed E-state index contributed by atoms with van der Waals surface area (Å²) in [5, 5.41) is 16.1. The molecule has 0 radical (unpaired) electrons. The summed E-state index contributed by atoms with van der Waals surface area (Å²) in [7, 11) is 0. The first-order valence-corrected chi connectivity index (χ1v) is 9.04. The minimum atomic E-state index is -0.917. The van der Waals surface area contributed by atoms with Crippen LogP contribution in [0.5, 0.6) is 11.6 Å². The SMILES string of the molecule is O=C(NC(=O)c1ccccc1[N+](=O)[O-])Nc1ccc(Oc2ccc(Cl)cn2)c(Cl)c1. The third kappa shape index (κ3) is 5.22. The molecule has 9 nitrogen and oxygen atoms in total. The van der Waals surface area contributed by atoms with Gasteiger partial charge in [0, 0.05) is 24.0 Å². The summed E-state index contributed by atoms with van der Waals surface area (Å²) in [5.74, 6) is -0.358. The lowest BCUT2D eigenvalue weighted by Crippen LogP contribution is -2.34. The van der Waals surface area contributed by atoms with Crippen molar-refractivity contribution in [2.24, 2.45) is 0 Å². The lowest BCUT2D eigenvalue weighted by molar-refractivity contribution is -0.385. The largest absolute Gasteiger partial charge is 0.437 e. The van der Waals surface area contributed by atoms with Crippen LogP contribution in [0, 0.1) is 10.1 Å². The Kier molecular flexibility index (Phi) is 6.45. The zero-order valence-electron chi connectivity index (χ0n) is 15.0. The van der Waals surface area contributed by atoms with Crippen molar-refractivity contribution in [1.29, 1.82) is 0 Å². The molecule has 2 N–H and O–H groups in total. The van der Waals surface area contributed by atoms with E-state index < -0.39 is 22.5 Å². The van der Waals surface area contributed by atoms with E-state index in [1.807, 2.05) is 5.32 Å². The molecule has 3 rings (SSSR count). The Morgan fingerprint density at radius 2 is 1.83 bits per heavy atom. The van der Waals surface area contributed by atoms with Gasteiger partial charge in [0.2, 0.25) is 5.88 Å². The molecule has 0 aliphatic carbocycles. The molecule has 1 heterocycles. The highest BCUT2D eigenvalue weighted by molar-refractivity contribution is 6.32. The van der Waals surface area contributed by atoms with Crippen molar-refractivity contribution in [3.05, 3.63) is 86.5 Å². The van der Waals surface area contributed by atoms with Gasteiger partial charge >= 0.3 is 6.03 Å². The van der Waals surface area contributed by atoms with Gasteiger partial charge < -0.3 is 10.1 Å². The number of anilines is 1. The normalized spacial score (nSPS) is 10.2. The van der Waals surface area contributed by atoms with Crippen LogP contribution < -0.4 is 15.4 Å². The van der Waals surface area contributed by atoms with Crippen molar-refractivity contribution in [1.82, 2.24) is 10.3 Å². The predicted molar refractivity (Wildman–Crippen MR) is 110 cm³/mol. The first kappa shape index (κ1) is 21.0. The van der Waals surface area contributed by atoms with Crippen LogP contribution in [0.25, 0.3) is 0 Å². The molecule has 11 heteroatoms. The molecule has 0 bridgehead atoms. The highest BCUT2D eigenvalue weighted by Crippen LogP contribution is 2.31. The molecule has 0 unspecified atom stereocenters. The third-order valence-electron chi connectivity index (χ3n) is 3.68. The van der Waals surface area contributed by atoms with Crippen molar-refractivity contribution in [3.8, 4) is 11.6 Å². The average Bonchev–Trinajstić information content (AvgIpc) is 2.71. The number of nitrogens with one attached hydrogen (secondary N) is 2. The molecule has 0 saturated carbocycles. The van der Waals surface area contributed by atoms with E-state index in [1.165, 1.54) is 48.7 Å². The highest BCUT2D eigenvalue weighted by atomic mass is 35.5. The van der Waals surface area contributed by atoms with Crippen LogP contribution >= 0.6 is 23.2 Å². The van der Waals surface area contributed by atoms with E-state index in [1.54, 1.807) is 12.1 Å². The molecular formula is C19H12Cl2N4O5. The topological polar surface area (TPSA) is 123 Å². The van der Waals surface area contributed by atoms with Gasteiger partial charge in [0.15, 0.2) is 0 Å². The van der Waals surface area contributed by atoms with E-state index in [4.69, 9.17) is 27.9 Å². The zero-order valence-corrected chi connectivity index (χ0v) is 16.5. The molecule has 30 heavy (non-hydrogen) atoms. The quantitative estimate of drug-likeness (QED) is 0.417. The molecular weight excluding hydrogens is 435 g/mol. The standard InChI is InChI=1S/C19H12Cl2N4O5/c20-11-5-8-17(22-10-11)30-16-7-6-12(9-14(16)21)23-19(27)24-18(26)13-3-1-2-4-15(13)25(28)29/h1-10H,(H2,23,24,26,27). The number of rotatable bonds is 5. The Balaban J connectivity index is 1.65. The van der Waals surface area contributed by atoms with E-state index in [0.29, 0.717) is 5.02 Å². The van der Waals surface area contributed by atoms with Crippen molar-refractivity contribution >= 4 is 46.5 Å². The van der Waals surface area contributed by atoms with Crippen LogP contribution in [0.15, 0.2) is 60.8 Å². The number of nitro benzene ring substituents is 1. The number of carbonyl (C=O) groups excluding carboxylic acids is 2. The highest BCUT2D eigenvalue weighted by Gasteiger charge is 2.21. The Morgan fingerprint density at radius 3 is 2.50 bits per heavy atom. The zero-order chi connectivity index (χ0) is 21.7. The number of aromatic nitrogens is 1. The van der Waals surface area contributed by atoms with Gasteiger partial charge in [-0.15, -0.1) is 0 Å². The van der Waals surface area contributed by atoms with Crippen LogP contribution in [0.3, 0.4) is 0 Å². The number of imide groups is 1. The van der Waals surface area contributed by atoms with Gasteiger partial charge in [-0.1, -0.05) is 35.3 Å². The lowest BCUT2D eigenvalue weighted by Gasteiger charge is -2.10. The Morgan fingerprint density at radius 1 is 1.07 bits per heavy atom. The number of nitrogens with zero attached hydrogens (tertiary/aromatic N) is 2. The number of amides is 3. The maximum Gasteiger partial charge on any atom is 0.326 e. The second-order valence-electron chi connectivity index (χ2n) is 5.74. The fraction of sp³-hybridized carbons (Fsp3) is 0. The smallest absolute Gasteiger partial charge is 0.326 e. The monoisotopic (exact) mass is 446 g/mol. The minimum Gasteiger partial charge on any atom is -0.437 e. The molecule has 3 aromatic rings. The van der Waals surface area contributed by atoms with Gasteiger partial charge in [-0.3, -0.25) is 20.2 Å². The number of hydrogen-bond donors (Lipinski definition) is 2. The van der Waals surface area contributed by atoms with Crippen LogP contribution in [0.4, 0.5) is 16.2 Å². The number of pyridine rings is 1. The van der Waals surface area contributed by atoms with Crippen molar-refractivity contribution in [2.75, 3.05) is 5.32 Å². The minimum absolute atomic E-state index is 0.176. The maximum absolute atomic E-state index is 12.2. The number of urea groups is 1. The van der Waals surface area contributed by atoms with Crippen molar-refractivity contribution in [3.63, 3.8) is 0 Å². The number of benzene rings is 2. The van der Waals surface area contributed by atoms with E-state index in [9.17, 15) is 19.7 Å². The van der Waals surface area contributed by atoms with Gasteiger partial charge in [0.05, 0.1) is 15.0 Å². The summed E-state index contributed by atoms with van der Waals surface area (Å²) < 4.78 is 5.53. The summed E-state index contributed by atoms with van der Waals surface area (Å²) >= 11 is 11.9. The summed E-state index contributed by atoms with van der Waals surface area (Å²) in [5.41, 5.74) is -0.387. The fourth-order valence-corrected chi connectivity index (χ4v) is 2.69. The average molecular weight is 447 g/mol. The second kappa shape index (κ2) is 9.21. The van der Waals surface area contributed by atoms with Gasteiger partial charge in [0.1, 0.15) is 11.3 Å². The number of nitro groups is 1. The van der Waals surface area contributed by atoms with Crippen LogP contribution in [-0.4, -0.2) is 21.8 Å². The second-order valence-corrected chi connectivity index (χ2v) is 6.59. The van der Waals surface area contributed by atoms with Crippen LogP contribution in [0.2, 0.25) is 10.0 Å². The number of halogens is 2. The number of para-hydroxylation sites is 1. The van der Waals surface area contributed by atoms with Gasteiger partial charge in [0.25, 0.3) is 11.6 Å². The van der Waals surface area contributed by atoms with Gasteiger partial charge in [-0.2, -0.15) is 0 Å². The first-order valence-electron chi connectivity index (χ1n) is 8.28. The number of carbonyl (C=O) groups is 2. The van der Waals surface area contributed by atoms with Gasteiger partial charge in [-0.25, -0.2) is 9.78 Å². The first-order chi connectivity index (χ1) is 14.3. The Labute approximate surface area is 179 Å². The molecule has 0 saturated heterocycles. The maximum atomic E-state index is 12.2. The lowest BCUT2D eigenvalue weighted by atomic mass is 10.1. The van der Waals surface area contributed by atoms with Gasteiger partial charge in [-0.05, 0) is 30.3 Å². The molecule has 0 atom stereocenters. The van der Waals surface area contributed by atoms with Crippen molar-refractivity contribution in [2.45, 2.75) is 0 Å². The molecule has 0 aliphatic rings. The Bertz CT molecular complexity index is 1120. The van der Waals surface area contributed by atoms with Crippen LogP contribution in [0.1, 0.15) is 10.4 Å². The van der Waals surface area contributed by atoms with E-state index in [0.717, 1.165) is 0 Å². The molecule has 1 aromatic heterocycles. The molecule has 0 spiro atoms. The van der Waals surface area contributed by atoms with E-state index in [2.05, 4.69) is 10.3 Å². The summed E-state index contributed by atoms with van der Waals surface area (Å²) in [4.78, 5) is 38.6. The Hall–Kier alpha value is -3.69. The molecule has 152 valence electrons. The molecule has 0 fully saturated rings.